The fourth-order valence-corrected chi connectivity index (χ4v) is 3.73. The van der Waals surface area contributed by atoms with Crippen LogP contribution in [0.2, 0.25) is 0 Å². The number of esters is 1. The van der Waals surface area contributed by atoms with Crippen molar-refractivity contribution < 1.29 is 19.1 Å². The number of hydrogen-bond acceptors (Lipinski definition) is 7. The van der Waals surface area contributed by atoms with E-state index in [9.17, 15) is 9.59 Å². The van der Waals surface area contributed by atoms with Crippen molar-refractivity contribution >= 4 is 29.5 Å². The molecule has 0 aliphatic carbocycles. The molecule has 0 unspecified atom stereocenters. The third-order valence-electron chi connectivity index (χ3n) is 4.22. The number of anilines is 1. The summed E-state index contributed by atoms with van der Waals surface area (Å²) >= 11 is 1.15. The van der Waals surface area contributed by atoms with Gasteiger partial charge in [-0.3, -0.25) is 4.79 Å². The monoisotopic (exact) mass is 401 g/mol. The zero-order chi connectivity index (χ0) is 19.9. The van der Waals surface area contributed by atoms with Crippen LogP contribution in [0.5, 0.6) is 0 Å². The molecule has 1 amide bonds. The van der Waals surface area contributed by atoms with Gasteiger partial charge in [0.1, 0.15) is 10.8 Å². The van der Waals surface area contributed by atoms with Crippen molar-refractivity contribution in [2.75, 3.05) is 43.6 Å². The predicted molar refractivity (Wildman–Crippen MR) is 109 cm³/mol. The zero-order valence-electron chi connectivity index (χ0n) is 15.7. The minimum Gasteiger partial charge on any atom is -0.462 e. The summed E-state index contributed by atoms with van der Waals surface area (Å²) in [6, 6.07) is 11.5. The number of rotatable bonds is 7. The normalized spacial score (nSPS) is 14.0. The van der Waals surface area contributed by atoms with E-state index in [1.165, 1.54) is 0 Å². The first kappa shape index (κ1) is 20.2. The number of aromatic nitrogens is 1. The van der Waals surface area contributed by atoms with Crippen molar-refractivity contribution in [2.24, 2.45) is 5.73 Å². The maximum absolute atomic E-state index is 12.8. The first-order valence-corrected chi connectivity index (χ1v) is 10.1. The fraction of sp³-hybridized carbons (Fsp3) is 0.350. The van der Waals surface area contributed by atoms with E-state index < -0.39 is 11.9 Å². The molecule has 148 valence electrons. The molecule has 2 N–H and O–H groups in total. The molecule has 1 saturated heterocycles. The predicted octanol–water partition coefficient (Wildman–Crippen LogP) is 2.34. The molecule has 8 heteroatoms. The molecule has 0 spiro atoms. The molecule has 2 aromatic rings. The average Bonchev–Trinajstić information content (AvgIpc) is 2.73. The Balaban J connectivity index is 2.15. The van der Waals surface area contributed by atoms with Gasteiger partial charge in [-0.2, -0.15) is 0 Å². The number of primary amides is 1. The SMILES string of the molecule is CCOC(=O)c1c(-c2ccccc2)cc(N2CCOCC2)nc1SCC(N)=O. The number of benzene rings is 1. The van der Waals surface area contributed by atoms with Crippen LogP contribution in [0.1, 0.15) is 17.3 Å². The minimum absolute atomic E-state index is 0.0280. The average molecular weight is 401 g/mol. The summed E-state index contributed by atoms with van der Waals surface area (Å²) in [5.74, 6) is -0.170. The molecule has 3 rings (SSSR count). The first-order chi connectivity index (χ1) is 13.6. The van der Waals surface area contributed by atoms with E-state index in [2.05, 4.69) is 9.88 Å². The van der Waals surface area contributed by atoms with Gasteiger partial charge < -0.3 is 20.1 Å². The van der Waals surface area contributed by atoms with E-state index in [-0.39, 0.29) is 12.4 Å². The number of carbonyl (C=O) groups is 2. The van der Waals surface area contributed by atoms with Crippen molar-refractivity contribution in [3.63, 3.8) is 0 Å². The number of pyridine rings is 1. The topological polar surface area (TPSA) is 94.8 Å². The van der Waals surface area contributed by atoms with E-state index in [1.54, 1.807) is 6.92 Å². The van der Waals surface area contributed by atoms with Crippen LogP contribution in [0, 0.1) is 0 Å². The molecular formula is C20H23N3O4S. The lowest BCUT2D eigenvalue weighted by atomic mass is 10.0. The molecule has 0 atom stereocenters. The van der Waals surface area contributed by atoms with Crippen LogP contribution in [0.25, 0.3) is 11.1 Å². The molecule has 2 heterocycles. The Hall–Kier alpha value is -2.58. The van der Waals surface area contributed by atoms with Gasteiger partial charge >= 0.3 is 5.97 Å². The maximum atomic E-state index is 12.8. The minimum atomic E-state index is -0.473. The number of nitrogens with two attached hydrogens (primary N) is 1. The van der Waals surface area contributed by atoms with Crippen molar-refractivity contribution in [2.45, 2.75) is 11.9 Å². The Labute approximate surface area is 168 Å². The van der Waals surface area contributed by atoms with Crippen LogP contribution in [0.4, 0.5) is 5.82 Å². The lowest BCUT2D eigenvalue weighted by Gasteiger charge is -2.29. The van der Waals surface area contributed by atoms with Crippen LogP contribution in [-0.2, 0) is 14.3 Å². The maximum Gasteiger partial charge on any atom is 0.341 e. The van der Waals surface area contributed by atoms with E-state index in [1.807, 2.05) is 36.4 Å². The van der Waals surface area contributed by atoms with Gasteiger partial charge in [-0.15, -0.1) is 0 Å². The number of hydrogen-bond donors (Lipinski definition) is 1. The molecule has 1 aromatic carbocycles. The number of ether oxygens (including phenoxy) is 2. The molecule has 1 fully saturated rings. The summed E-state index contributed by atoms with van der Waals surface area (Å²) in [6.45, 7) is 4.65. The molecule has 28 heavy (non-hydrogen) atoms. The molecule has 1 aliphatic rings. The highest BCUT2D eigenvalue weighted by Crippen LogP contribution is 2.35. The smallest absolute Gasteiger partial charge is 0.341 e. The summed E-state index contributed by atoms with van der Waals surface area (Å²) in [5.41, 5.74) is 7.28. The fourth-order valence-electron chi connectivity index (χ4n) is 2.95. The van der Waals surface area contributed by atoms with Gasteiger partial charge in [0.05, 0.1) is 31.1 Å². The highest BCUT2D eigenvalue weighted by atomic mass is 32.2. The molecule has 0 bridgehead atoms. The third kappa shape index (κ3) is 4.82. The Morgan fingerprint density at radius 3 is 2.61 bits per heavy atom. The molecule has 1 aliphatic heterocycles. The molecule has 1 aromatic heterocycles. The number of morpholine rings is 1. The van der Waals surface area contributed by atoms with Gasteiger partial charge in [0.25, 0.3) is 0 Å². The van der Waals surface area contributed by atoms with Gasteiger partial charge in [0.2, 0.25) is 5.91 Å². The lowest BCUT2D eigenvalue weighted by Crippen LogP contribution is -2.37. The highest BCUT2D eigenvalue weighted by Gasteiger charge is 2.24. The lowest BCUT2D eigenvalue weighted by molar-refractivity contribution is -0.115. The molecular weight excluding hydrogens is 378 g/mol. The van der Waals surface area contributed by atoms with Crippen molar-refractivity contribution in [3.8, 4) is 11.1 Å². The number of amides is 1. The Morgan fingerprint density at radius 1 is 1.25 bits per heavy atom. The molecule has 0 radical (unpaired) electrons. The quantitative estimate of drug-likeness (QED) is 0.562. The zero-order valence-corrected chi connectivity index (χ0v) is 16.5. The second kappa shape index (κ2) is 9.57. The van der Waals surface area contributed by atoms with Crippen molar-refractivity contribution in [1.29, 1.82) is 0 Å². The number of thioether (sulfide) groups is 1. The van der Waals surface area contributed by atoms with E-state index in [0.717, 1.165) is 28.7 Å². The number of nitrogens with zero attached hydrogens (tertiary/aromatic N) is 2. The summed E-state index contributed by atoms with van der Waals surface area (Å²) in [4.78, 5) is 30.9. The van der Waals surface area contributed by atoms with Gasteiger partial charge in [0.15, 0.2) is 0 Å². The van der Waals surface area contributed by atoms with Crippen LogP contribution < -0.4 is 10.6 Å². The van der Waals surface area contributed by atoms with E-state index >= 15 is 0 Å². The van der Waals surface area contributed by atoms with Gasteiger partial charge in [0, 0.05) is 18.7 Å². The van der Waals surface area contributed by atoms with E-state index in [4.69, 9.17) is 15.2 Å². The van der Waals surface area contributed by atoms with Gasteiger partial charge in [-0.25, -0.2) is 9.78 Å². The first-order valence-electron chi connectivity index (χ1n) is 9.11. The third-order valence-corrected chi connectivity index (χ3v) is 5.22. The van der Waals surface area contributed by atoms with Crippen LogP contribution in [-0.4, -0.2) is 55.5 Å². The second-order valence-electron chi connectivity index (χ2n) is 6.15. The van der Waals surface area contributed by atoms with Gasteiger partial charge in [-0.05, 0) is 18.6 Å². The summed E-state index contributed by atoms with van der Waals surface area (Å²) in [5, 5.41) is 0.445. The Bertz CT molecular complexity index is 839. The van der Waals surface area contributed by atoms with Crippen LogP contribution in [0.3, 0.4) is 0 Å². The Kier molecular flexibility index (Phi) is 6.89. The van der Waals surface area contributed by atoms with Crippen LogP contribution in [0.15, 0.2) is 41.4 Å². The number of carbonyl (C=O) groups excluding carboxylic acids is 2. The summed E-state index contributed by atoms with van der Waals surface area (Å²) in [7, 11) is 0. The van der Waals surface area contributed by atoms with Crippen molar-refractivity contribution in [3.05, 3.63) is 42.0 Å². The molecule has 0 saturated carbocycles. The highest BCUT2D eigenvalue weighted by molar-refractivity contribution is 8.00. The van der Waals surface area contributed by atoms with Gasteiger partial charge in [-0.1, -0.05) is 42.1 Å². The van der Waals surface area contributed by atoms with E-state index in [0.29, 0.717) is 36.9 Å². The Morgan fingerprint density at radius 2 is 1.96 bits per heavy atom. The standard InChI is InChI=1S/C20H23N3O4S/c1-2-27-20(25)18-15(14-6-4-3-5-7-14)12-17(23-8-10-26-11-9-23)22-19(18)28-13-16(21)24/h3-7,12H,2,8-11,13H2,1H3,(H2,21,24). The van der Waals surface area contributed by atoms with Crippen LogP contribution >= 0.6 is 11.8 Å². The molecule has 7 nitrogen and oxygen atoms in total. The largest absolute Gasteiger partial charge is 0.462 e. The second-order valence-corrected chi connectivity index (χ2v) is 7.11. The van der Waals surface area contributed by atoms with Crippen molar-refractivity contribution in [1.82, 2.24) is 4.98 Å². The summed E-state index contributed by atoms with van der Waals surface area (Å²) in [6.07, 6.45) is 0. The summed E-state index contributed by atoms with van der Waals surface area (Å²) < 4.78 is 10.7.